The standard InChI is InChI=1S/C16H12ClF2NO/c17-16(11-6-12(18)8-13(19)7-11)10-1-3-14-9(5-10)2-4-15(21)20-14/h1,3,5-8,16H,2,4H2,(H,20,21). The predicted molar refractivity (Wildman–Crippen MR) is 77.4 cm³/mol. The van der Waals surface area contributed by atoms with E-state index in [1.165, 1.54) is 12.1 Å². The first-order valence-electron chi connectivity index (χ1n) is 6.55. The largest absolute Gasteiger partial charge is 0.326 e. The highest BCUT2D eigenvalue weighted by Crippen LogP contribution is 2.33. The normalized spacial score (nSPS) is 15.3. The quantitative estimate of drug-likeness (QED) is 0.829. The van der Waals surface area contributed by atoms with Gasteiger partial charge in [-0.2, -0.15) is 0 Å². The Labute approximate surface area is 125 Å². The molecule has 21 heavy (non-hydrogen) atoms. The molecule has 2 aromatic rings. The maximum Gasteiger partial charge on any atom is 0.224 e. The Morgan fingerprint density at radius 3 is 2.43 bits per heavy atom. The molecular formula is C16H12ClF2NO. The average molecular weight is 308 g/mol. The SMILES string of the molecule is O=C1CCc2cc(C(Cl)c3cc(F)cc(F)c3)ccc2N1. The molecule has 5 heteroatoms. The summed E-state index contributed by atoms with van der Waals surface area (Å²) in [5, 5.41) is 2.14. The molecule has 2 nitrogen and oxygen atoms in total. The molecule has 3 rings (SSSR count). The van der Waals surface area contributed by atoms with Crippen LogP contribution in [0.5, 0.6) is 0 Å². The summed E-state index contributed by atoms with van der Waals surface area (Å²) in [6, 6.07) is 8.66. The molecule has 1 unspecified atom stereocenters. The Balaban J connectivity index is 1.94. The number of carbonyl (C=O) groups is 1. The van der Waals surface area contributed by atoms with Crippen molar-refractivity contribution < 1.29 is 13.6 Å². The third kappa shape index (κ3) is 2.90. The number of halogens is 3. The van der Waals surface area contributed by atoms with Gasteiger partial charge in [-0.3, -0.25) is 4.79 Å². The average Bonchev–Trinajstić information content (AvgIpc) is 2.45. The van der Waals surface area contributed by atoms with Crippen LogP contribution in [-0.2, 0) is 11.2 Å². The first kappa shape index (κ1) is 14.0. The van der Waals surface area contributed by atoms with Crippen LogP contribution in [0.15, 0.2) is 36.4 Å². The van der Waals surface area contributed by atoms with Gasteiger partial charge in [-0.25, -0.2) is 8.78 Å². The number of nitrogens with one attached hydrogen (secondary N) is 1. The Morgan fingerprint density at radius 2 is 1.71 bits per heavy atom. The smallest absolute Gasteiger partial charge is 0.224 e. The molecule has 0 aliphatic carbocycles. The van der Waals surface area contributed by atoms with Crippen molar-refractivity contribution in [1.82, 2.24) is 0 Å². The molecule has 1 aliphatic heterocycles. The molecule has 0 bridgehead atoms. The number of hydrogen-bond acceptors (Lipinski definition) is 1. The number of rotatable bonds is 2. The maximum atomic E-state index is 13.3. The van der Waals surface area contributed by atoms with Crippen molar-refractivity contribution in [1.29, 1.82) is 0 Å². The molecule has 108 valence electrons. The molecule has 0 saturated heterocycles. The van der Waals surface area contributed by atoms with Crippen LogP contribution >= 0.6 is 11.6 Å². The molecular weight excluding hydrogens is 296 g/mol. The van der Waals surface area contributed by atoms with E-state index in [2.05, 4.69) is 5.32 Å². The van der Waals surface area contributed by atoms with E-state index in [0.29, 0.717) is 18.4 Å². The van der Waals surface area contributed by atoms with Crippen molar-refractivity contribution >= 4 is 23.2 Å². The summed E-state index contributed by atoms with van der Waals surface area (Å²) in [6.07, 6.45) is 1.06. The van der Waals surface area contributed by atoms with Gasteiger partial charge < -0.3 is 5.32 Å². The number of amides is 1. The van der Waals surface area contributed by atoms with Crippen LogP contribution in [0, 0.1) is 11.6 Å². The minimum atomic E-state index is -0.652. The second-order valence-corrected chi connectivity index (χ2v) is 5.47. The molecule has 0 fully saturated rings. The van der Waals surface area contributed by atoms with Gasteiger partial charge >= 0.3 is 0 Å². The second-order valence-electron chi connectivity index (χ2n) is 5.03. The molecule has 1 heterocycles. The lowest BCUT2D eigenvalue weighted by Crippen LogP contribution is -2.19. The van der Waals surface area contributed by atoms with E-state index in [-0.39, 0.29) is 5.91 Å². The molecule has 2 aromatic carbocycles. The van der Waals surface area contributed by atoms with Gasteiger partial charge in [-0.05, 0) is 41.3 Å². The fourth-order valence-corrected chi connectivity index (χ4v) is 2.74. The van der Waals surface area contributed by atoms with Crippen LogP contribution in [0.1, 0.15) is 28.5 Å². The van der Waals surface area contributed by atoms with Crippen LogP contribution < -0.4 is 5.32 Å². The summed E-state index contributed by atoms with van der Waals surface area (Å²) in [5.74, 6) is -1.31. The Hall–Kier alpha value is -1.94. The number of benzene rings is 2. The Bertz CT molecular complexity index is 697. The molecule has 1 N–H and O–H groups in total. The highest BCUT2D eigenvalue weighted by atomic mass is 35.5. The number of hydrogen-bond donors (Lipinski definition) is 1. The van der Waals surface area contributed by atoms with E-state index >= 15 is 0 Å². The highest BCUT2D eigenvalue weighted by Gasteiger charge is 2.18. The van der Waals surface area contributed by atoms with Gasteiger partial charge in [0.15, 0.2) is 0 Å². The van der Waals surface area contributed by atoms with Crippen molar-refractivity contribution in [2.45, 2.75) is 18.2 Å². The Morgan fingerprint density at radius 1 is 1.00 bits per heavy atom. The lowest BCUT2D eigenvalue weighted by atomic mass is 9.97. The van der Waals surface area contributed by atoms with Gasteiger partial charge in [0.05, 0.1) is 5.38 Å². The van der Waals surface area contributed by atoms with Crippen LogP contribution in [-0.4, -0.2) is 5.91 Å². The number of fused-ring (bicyclic) bond motifs is 1. The topological polar surface area (TPSA) is 29.1 Å². The van der Waals surface area contributed by atoms with E-state index in [9.17, 15) is 13.6 Å². The lowest BCUT2D eigenvalue weighted by molar-refractivity contribution is -0.116. The second kappa shape index (κ2) is 5.45. The van der Waals surface area contributed by atoms with E-state index in [4.69, 9.17) is 11.6 Å². The van der Waals surface area contributed by atoms with E-state index in [1.807, 2.05) is 6.07 Å². The van der Waals surface area contributed by atoms with Crippen molar-refractivity contribution in [3.8, 4) is 0 Å². The van der Waals surface area contributed by atoms with Crippen molar-refractivity contribution in [3.05, 3.63) is 64.7 Å². The third-order valence-corrected chi connectivity index (χ3v) is 4.00. The molecule has 1 amide bonds. The molecule has 1 aliphatic rings. The van der Waals surface area contributed by atoms with Crippen LogP contribution in [0.3, 0.4) is 0 Å². The van der Waals surface area contributed by atoms with Crippen LogP contribution in [0.2, 0.25) is 0 Å². The van der Waals surface area contributed by atoms with Gasteiger partial charge in [0.1, 0.15) is 11.6 Å². The number of carbonyl (C=O) groups excluding carboxylic acids is 1. The van der Waals surface area contributed by atoms with Gasteiger partial charge in [0.2, 0.25) is 5.91 Å². The predicted octanol–water partition coefficient (Wildman–Crippen LogP) is 4.18. The van der Waals surface area contributed by atoms with Gasteiger partial charge in [-0.1, -0.05) is 12.1 Å². The fourth-order valence-electron chi connectivity index (χ4n) is 2.47. The van der Waals surface area contributed by atoms with E-state index < -0.39 is 17.0 Å². The zero-order valence-electron chi connectivity index (χ0n) is 11.0. The monoisotopic (exact) mass is 307 g/mol. The molecule has 0 aromatic heterocycles. The first-order valence-corrected chi connectivity index (χ1v) is 6.99. The summed E-state index contributed by atoms with van der Waals surface area (Å²) in [6.45, 7) is 0. The zero-order valence-corrected chi connectivity index (χ0v) is 11.8. The van der Waals surface area contributed by atoms with E-state index in [1.54, 1.807) is 12.1 Å². The molecule has 0 spiro atoms. The number of alkyl halides is 1. The van der Waals surface area contributed by atoms with Gasteiger partial charge in [-0.15, -0.1) is 11.6 Å². The van der Waals surface area contributed by atoms with Crippen molar-refractivity contribution in [2.75, 3.05) is 5.32 Å². The summed E-state index contributed by atoms with van der Waals surface area (Å²) in [5.41, 5.74) is 2.87. The van der Waals surface area contributed by atoms with Crippen LogP contribution in [0.25, 0.3) is 0 Å². The molecule has 0 saturated carbocycles. The van der Waals surface area contributed by atoms with Crippen molar-refractivity contribution in [2.24, 2.45) is 0 Å². The summed E-state index contributed by atoms with van der Waals surface area (Å²) >= 11 is 6.33. The fraction of sp³-hybridized carbons (Fsp3) is 0.188. The Kier molecular flexibility index (Phi) is 3.64. The molecule has 0 radical (unpaired) electrons. The third-order valence-electron chi connectivity index (χ3n) is 3.49. The van der Waals surface area contributed by atoms with Gasteiger partial charge in [0, 0.05) is 18.2 Å². The summed E-state index contributed by atoms with van der Waals surface area (Å²) in [4.78, 5) is 11.3. The molecule has 1 atom stereocenters. The van der Waals surface area contributed by atoms with Crippen LogP contribution in [0.4, 0.5) is 14.5 Å². The summed E-state index contributed by atoms with van der Waals surface area (Å²) in [7, 11) is 0. The lowest BCUT2D eigenvalue weighted by Gasteiger charge is -2.19. The maximum absolute atomic E-state index is 13.3. The highest BCUT2D eigenvalue weighted by molar-refractivity contribution is 6.22. The van der Waals surface area contributed by atoms with Gasteiger partial charge in [0.25, 0.3) is 0 Å². The van der Waals surface area contributed by atoms with Crippen molar-refractivity contribution in [3.63, 3.8) is 0 Å². The number of aryl methyl sites for hydroxylation is 1. The minimum Gasteiger partial charge on any atom is -0.326 e. The first-order chi connectivity index (χ1) is 10.0. The minimum absolute atomic E-state index is 0.00938. The number of anilines is 1. The zero-order chi connectivity index (χ0) is 15.0. The summed E-state index contributed by atoms with van der Waals surface area (Å²) < 4.78 is 26.5. The van der Waals surface area contributed by atoms with E-state index in [0.717, 1.165) is 22.9 Å².